The van der Waals surface area contributed by atoms with Gasteiger partial charge in [-0.1, -0.05) is 29.8 Å². The first-order valence-electron chi connectivity index (χ1n) is 10.9. The van der Waals surface area contributed by atoms with Gasteiger partial charge in [-0.25, -0.2) is 9.67 Å². The molecule has 0 atom stereocenters. The first-order valence-corrected chi connectivity index (χ1v) is 11.3. The summed E-state index contributed by atoms with van der Waals surface area (Å²) < 4.78 is 3.02. The minimum absolute atomic E-state index is 0.0798. The maximum absolute atomic E-state index is 13.1. The Morgan fingerprint density at radius 3 is 2.59 bits per heavy atom. The van der Waals surface area contributed by atoms with E-state index in [0.717, 1.165) is 5.69 Å². The molecular weight excluding hydrogens is 456 g/mol. The number of aromatic nitrogens is 4. The lowest BCUT2D eigenvalue weighted by Crippen LogP contribution is -2.49. The minimum Gasteiger partial charge on any atom is -0.398 e. The number of fused-ring (bicyclic) bond motifs is 1. The Morgan fingerprint density at radius 2 is 1.88 bits per heavy atom. The number of piperidine rings is 1. The number of nitrogen functional groups attached to an aromatic ring is 1. The van der Waals surface area contributed by atoms with E-state index in [-0.39, 0.29) is 18.0 Å². The van der Waals surface area contributed by atoms with Gasteiger partial charge in [0.05, 0.1) is 29.6 Å². The van der Waals surface area contributed by atoms with Crippen LogP contribution in [0.5, 0.6) is 0 Å². The van der Waals surface area contributed by atoms with Crippen LogP contribution in [-0.4, -0.2) is 53.9 Å². The van der Waals surface area contributed by atoms with Crippen molar-refractivity contribution in [2.75, 3.05) is 18.8 Å². The van der Waals surface area contributed by atoms with E-state index in [4.69, 9.17) is 17.3 Å². The zero-order chi connectivity index (χ0) is 23.9. The first kappa shape index (κ1) is 22.1. The van der Waals surface area contributed by atoms with Crippen molar-refractivity contribution in [1.29, 1.82) is 0 Å². The molecule has 3 heterocycles. The molecule has 0 unspecified atom stereocenters. The van der Waals surface area contributed by atoms with Crippen molar-refractivity contribution in [2.45, 2.75) is 25.0 Å². The van der Waals surface area contributed by atoms with Gasteiger partial charge in [-0.3, -0.25) is 14.2 Å². The van der Waals surface area contributed by atoms with E-state index in [1.165, 1.54) is 17.1 Å². The molecule has 2 aromatic heterocycles. The van der Waals surface area contributed by atoms with Crippen molar-refractivity contribution in [3.8, 4) is 5.69 Å². The van der Waals surface area contributed by atoms with Gasteiger partial charge in [-0.05, 0) is 43.2 Å². The van der Waals surface area contributed by atoms with Crippen molar-refractivity contribution in [3.63, 3.8) is 0 Å². The number of nitrogens with two attached hydrogens (primary N) is 1. The lowest BCUT2D eigenvalue weighted by molar-refractivity contribution is -0.0299. The Balaban J connectivity index is 1.32. The summed E-state index contributed by atoms with van der Waals surface area (Å²) in [6.45, 7) is 0.762. The van der Waals surface area contributed by atoms with Crippen LogP contribution in [0.4, 0.5) is 5.69 Å². The molecule has 4 aromatic rings. The quantitative estimate of drug-likeness (QED) is 0.435. The highest BCUT2D eigenvalue weighted by Gasteiger charge is 2.35. The number of para-hydroxylation sites is 1. The van der Waals surface area contributed by atoms with Crippen LogP contribution in [0.25, 0.3) is 16.7 Å². The van der Waals surface area contributed by atoms with Gasteiger partial charge in [0.2, 0.25) is 0 Å². The molecule has 1 amide bonds. The average molecular weight is 479 g/mol. The number of benzene rings is 2. The number of hydrogen-bond acceptors (Lipinski definition) is 6. The lowest BCUT2D eigenvalue weighted by Gasteiger charge is -2.38. The zero-order valence-corrected chi connectivity index (χ0v) is 19.0. The highest BCUT2D eigenvalue weighted by Crippen LogP contribution is 2.27. The highest BCUT2D eigenvalue weighted by molar-refractivity contribution is 6.31. The summed E-state index contributed by atoms with van der Waals surface area (Å²) in [7, 11) is 0. The van der Waals surface area contributed by atoms with Gasteiger partial charge >= 0.3 is 0 Å². The molecule has 0 bridgehead atoms. The van der Waals surface area contributed by atoms with Crippen molar-refractivity contribution >= 4 is 34.2 Å². The molecule has 174 valence electrons. The minimum atomic E-state index is -1.14. The number of likely N-dealkylation sites (tertiary alicyclic amines) is 1. The van der Waals surface area contributed by atoms with E-state index >= 15 is 0 Å². The summed E-state index contributed by atoms with van der Waals surface area (Å²) in [6, 6.07) is 14.2. The summed E-state index contributed by atoms with van der Waals surface area (Å²) in [5.74, 6) is -0.204. The average Bonchev–Trinajstić information content (AvgIpc) is 3.26. The van der Waals surface area contributed by atoms with Crippen LogP contribution < -0.4 is 11.3 Å². The predicted molar refractivity (Wildman–Crippen MR) is 129 cm³/mol. The van der Waals surface area contributed by atoms with Gasteiger partial charge in [-0.15, -0.1) is 0 Å². The third-order valence-corrected chi connectivity index (χ3v) is 6.48. The molecule has 1 saturated heterocycles. The normalized spacial score (nSPS) is 15.5. The van der Waals surface area contributed by atoms with E-state index in [0.29, 0.717) is 53.2 Å². The molecule has 0 radical (unpaired) electrons. The zero-order valence-electron chi connectivity index (χ0n) is 18.3. The van der Waals surface area contributed by atoms with Crippen LogP contribution in [0.15, 0.2) is 65.8 Å². The van der Waals surface area contributed by atoms with Crippen LogP contribution in [0.3, 0.4) is 0 Å². The Morgan fingerprint density at radius 1 is 1.15 bits per heavy atom. The first-order chi connectivity index (χ1) is 16.3. The molecular formula is C24H23ClN6O3. The Kier molecular flexibility index (Phi) is 5.59. The fraction of sp³-hybridized carbons (Fsp3) is 0.250. The van der Waals surface area contributed by atoms with Crippen LogP contribution in [0.1, 0.15) is 23.2 Å². The topological polar surface area (TPSA) is 119 Å². The van der Waals surface area contributed by atoms with Gasteiger partial charge in [0.25, 0.3) is 11.5 Å². The predicted octanol–water partition coefficient (Wildman–Crippen LogP) is 2.49. The van der Waals surface area contributed by atoms with E-state index in [2.05, 4.69) is 10.1 Å². The number of halogens is 1. The van der Waals surface area contributed by atoms with Gasteiger partial charge in [-0.2, -0.15) is 5.10 Å². The largest absolute Gasteiger partial charge is 0.398 e. The maximum atomic E-state index is 13.1. The number of carbonyl (C=O) groups excluding carboxylic acids is 1. The summed E-state index contributed by atoms with van der Waals surface area (Å²) in [4.78, 5) is 32.0. The number of anilines is 1. The van der Waals surface area contributed by atoms with E-state index < -0.39 is 5.60 Å². The molecule has 1 aliphatic heterocycles. The number of hydrogen-bond donors (Lipinski definition) is 2. The smallest absolute Gasteiger partial charge is 0.264 e. The second-order valence-corrected chi connectivity index (χ2v) is 8.99. The summed E-state index contributed by atoms with van der Waals surface area (Å²) in [5.41, 5.74) is 6.51. The Bertz CT molecular complexity index is 1420. The second-order valence-electron chi connectivity index (χ2n) is 8.55. The number of nitrogens with zero attached hydrogens (tertiary/aromatic N) is 5. The van der Waals surface area contributed by atoms with Crippen LogP contribution in [0.2, 0.25) is 5.02 Å². The SMILES string of the molecule is Nc1cc(Cl)ccc1C(=O)N1CCC(O)(Cn2cnc3c(cnn3-c3ccccc3)c2=O)CC1. The van der Waals surface area contributed by atoms with Crippen molar-refractivity contribution in [3.05, 3.63) is 82.0 Å². The van der Waals surface area contributed by atoms with Gasteiger partial charge in [0, 0.05) is 23.8 Å². The summed E-state index contributed by atoms with van der Waals surface area (Å²) >= 11 is 5.93. The molecule has 9 nitrogen and oxygen atoms in total. The molecule has 0 saturated carbocycles. The number of amides is 1. The van der Waals surface area contributed by atoms with Crippen molar-refractivity contribution in [2.24, 2.45) is 0 Å². The molecule has 0 spiro atoms. The third-order valence-electron chi connectivity index (χ3n) is 6.25. The molecule has 5 rings (SSSR count). The molecule has 2 aromatic carbocycles. The highest BCUT2D eigenvalue weighted by atomic mass is 35.5. The lowest BCUT2D eigenvalue weighted by atomic mass is 9.90. The molecule has 34 heavy (non-hydrogen) atoms. The van der Waals surface area contributed by atoms with Gasteiger partial charge in [0.1, 0.15) is 11.7 Å². The van der Waals surface area contributed by atoms with E-state index in [1.54, 1.807) is 27.8 Å². The van der Waals surface area contributed by atoms with E-state index in [9.17, 15) is 14.7 Å². The standard InChI is InChI=1S/C24H23ClN6O3/c25-16-6-7-18(20(26)12-16)22(32)29-10-8-24(34,9-11-29)14-30-15-27-21-19(23(30)33)13-28-31(21)17-4-2-1-3-5-17/h1-7,12-13,15,34H,8-11,14,26H2. The molecule has 1 fully saturated rings. The Hall–Kier alpha value is -3.69. The number of carbonyl (C=O) groups is 1. The fourth-order valence-electron chi connectivity index (χ4n) is 4.32. The van der Waals surface area contributed by atoms with Crippen molar-refractivity contribution < 1.29 is 9.90 Å². The van der Waals surface area contributed by atoms with Crippen molar-refractivity contribution in [1.82, 2.24) is 24.2 Å². The van der Waals surface area contributed by atoms with Crippen LogP contribution in [-0.2, 0) is 6.54 Å². The van der Waals surface area contributed by atoms with Gasteiger partial charge in [0.15, 0.2) is 5.65 Å². The Labute approximate surface area is 200 Å². The summed E-state index contributed by atoms with van der Waals surface area (Å²) in [5, 5.41) is 16.3. The second kappa shape index (κ2) is 8.58. The number of rotatable bonds is 4. The molecule has 10 heteroatoms. The van der Waals surface area contributed by atoms with E-state index in [1.807, 2.05) is 30.3 Å². The number of aliphatic hydroxyl groups is 1. The van der Waals surface area contributed by atoms with Crippen LogP contribution >= 0.6 is 11.6 Å². The van der Waals surface area contributed by atoms with Crippen LogP contribution in [0, 0.1) is 0 Å². The monoisotopic (exact) mass is 478 g/mol. The fourth-order valence-corrected chi connectivity index (χ4v) is 4.50. The van der Waals surface area contributed by atoms with Gasteiger partial charge < -0.3 is 15.7 Å². The molecule has 3 N–H and O–H groups in total. The summed E-state index contributed by atoms with van der Waals surface area (Å²) in [6.07, 6.45) is 3.58. The maximum Gasteiger partial charge on any atom is 0.264 e. The molecule has 1 aliphatic rings. The third kappa shape index (κ3) is 4.04. The molecule has 0 aliphatic carbocycles.